The summed E-state index contributed by atoms with van der Waals surface area (Å²) in [6.07, 6.45) is 1.07. The summed E-state index contributed by atoms with van der Waals surface area (Å²) in [7, 11) is 0. The number of nitrogens with one attached hydrogen (secondary N) is 1. The van der Waals surface area contributed by atoms with E-state index < -0.39 is 0 Å². The average molecular weight is 312 g/mol. The highest BCUT2D eigenvalue weighted by atomic mass is 79.9. The first kappa shape index (κ1) is 14.0. The topological polar surface area (TPSA) is 21.3 Å². The molecule has 0 spiro atoms. The minimum atomic E-state index is -0.0493. The molecule has 1 aliphatic heterocycles. The van der Waals surface area contributed by atoms with E-state index in [0.717, 1.165) is 26.1 Å². The molecule has 1 aromatic rings. The lowest BCUT2D eigenvalue weighted by atomic mass is 9.73. The van der Waals surface area contributed by atoms with E-state index in [2.05, 4.69) is 66.3 Å². The van der Waals surface area contributed by atoms with Crippen molar-refractivity contribution in [2.45, 2.75) is 38.2 Å². The predicted molar refractivity (Wildman–Crippen MR) is 79.0 cm³/mol. The minimum Gasteiger partial charge on any atom is -0.376 e. The van der Waals surface area contributed by atoms with Gasteiger partial charge in [-0.2, -0.15) is 0 Å². The molecule has 0 saturated carbocycles. The summed E-state index contributed by atoms with van der Waals surface area (Å²) in [5, 5.41) is 3.40. The molecule has 1 aliphatic rings. The Kier molecular flexibility index (Phi) is 4.15. The van der Waals surface area contributed by atoms with Gasteiger partial charge in [0.2, 0.25) is 0 Å². The molecule has 18 heavy (non-hydrogen) atoms. The van der Waals surface area contributed by atoms with Crippen molar-refractivity contribution in [3.63, 3.8) is 0 Å². The van der Waals surface area contributed by atoms with Gasteiger partial charge < -0.3 is 10.1 Å². The minimum absolute atomic E-state index is 0.0493. The molecule has 0 aromatic heterocycles. The second kappa shape index (κ2) is 5.32. The fraction of sp³-hybridized carbons (Fsp3) is 0.600. The molecule has 2 rings (SSSR count). The SMILES string of the molecule is CC(C)(C)OCCC1(c2ccccc2Br)CNC1. The quantitative estimate of drug-likeness (QED) is 0.919. The Bertz CT molecular complexity index is 407. The number of hydrogen-bond acceptors (Lipinski definition) is 2. The van der Waals surface area contributed by atoms with Gasteiger partial charge >= 0.3 is 0 Å². The van der Waals surface area contributed by atoms with E-state index in [1.54, 1.807) is 0 Å². The Morgan fingerprint density at radius 3 is 2.44 bits per heavy atom. The number of ether oxygens (including phenoxy) is 1. The molecule has 0 amide bonds. The van der Waals surface area contributed by atoms with Crippen LogP contribution in [0.5, 0.6) is 0 Å². The van der Waals surface area contributed by atoms with Crippen LogP contribution in [0.1, 0.15) is 32.8 Å². The van der Waals surface area contributed by atoms with E-state index in [1.165, 1.54) is 10.0 Å². The van der Waals surface area contributed by atoms with Crippen LogP contribution in [-0.4, -0.2) is 25.3 Å². The summed E-state index contributed by atoms with van der Waals surface area (Å²) < 4.78 is 7.09. The van der Waals surface area contributed by atoms with Crippen LogP contribution < -0.4 is 5.32 Å². The molecule has 3 heteroatoms. The predicted octanol–water partition coefficient (Wildman–Crippen LogP) is 3.50. The van der Waals surface area contributed by atoms with Gasteiger partial charge in [-0.25, -0.2) is 0 Å². The van der Waals surface area contributed by atoms with Gasteiger partial charge in [-0.1, -0.05) is 34.1 Å². The zero-order valence-corrected chi connectivity index (χ0v) is 13.0. The standard InChI is InChI=1S/C15H22BrNO/c1-14(2,3)18-9-8-15(10-17-11-15)12-6-4-5-7-13(12)16/h4-7,17H,8-11H2,1-3H3. The maximum atomic E-state index is 5.88. The highest BCUT2D eigenvalue weighted by molar-refractivity contribution is 9.10. The lowest BCUT2D eigenvalue weighted by molar-refractivity contribution is -0.0156. The van der Waals surface area contributed by atoms with Gasteiger partial charge in [-0.05, 0) is 38.8 Å². The zero-order valence-electron chi connectivity index (χ0n) is 11.4. The third-order valence-electron chi connectivity index (χ3n) is 3.49. The Labute approximate surface area is 118 Å². The molecule has 100 valence electrons. The molecule has 1 aromatic carbocycles. The van der Waals surface area contributed by atoms with Crippen LogP contribution in [0, 0.1) is 0 Å². The summed E-state index contributed by atoms with van der Waals surface area (Å²) in [6, 6.07) is 8.53. The monoisotopic (exact) mass is 311 g/mol. The summed E-state index contributed by atoms with van der Waals surface area (Å²) in [5.41, 5.74) is 1.60. The largest absolute Gasteiger partial charge is 0.376 e. The van der Waals surface area contributed by atoms with E-state index >= 15 is 0 Å². The van der Waals surface area contributed by atoms with Crippen LogP contribution in [-0.2, 0) is 10.2 Å². The van der Waals surface area contributed by atoms with Crippen molar-refractivity contribution in [3.8, 4) is 0 Å². The molecule has 0 atom stereocenters. The van der Waals surface area contributed by atoms with Gasteiger partial charge in [0.15, 0.2) is 0 Å². The molecule has 2 nitrogen and oxygen atoms in total. The molecule has 1 fully saturated rings. The average Bonchev–Trinajstić information content (AvgIpc) is 2.22. The molecule has 0 bridgehead atoms. The summed E-state index contributed by atoms with van der Waals surface area (Å²) in [4.78, 5) is 0. The number of hydrogen-bond donors (Lipinski definition) is 1. The Balaban J connectivity index is 2.05. The Morgan fingerprint density at radius 2 is 1.94 bits per heavy atom. The second-order valence-corrected chi connectivity index (χ2v) is 6.93. The van der Waals surface area contributed by atoms with Gasteiger partial charge in [0, 0.05) is 29.6 Å². The highest BCUT2D eigenvalue weighted by Crippen LogP contribution is 2.36. The van der Waals surface area contributed by atoms with Crippen molar-refractivity contribution in [2.24, 2.45) is 0 Å². The summed E-state index contributed by atoms with van der Waals surface area (Å²) >= 11 is 3.67. The van der Waals surface area contributed by atoms with Crippen LogP contribution >= 0.6 is 15.9 Å². The molecule has 0 aliphatic carbocycles. The smallest absolute Gasteiger partial charge is 0.0598 e. The molecule has 1 saturated heterocycles. The molecule has 0 unspecified atom stereocenters. The number of benzene rings is 1. The zero-order chi connectivity index (χ0) is 13.2. The van der Waals surface area contributed by atoms with Gasteiger partial charge in [-0.15, -0.1) is 0 Å². The molecular weight excluding hydrogens is 290 g/mol. The highest BCUT2D eigenvalue weighted by Gasteiger charge is 2.39. The van der Waals surface area contributed by atoms with Crippen LogP contribution in [0.25, 0.3) is 0 Å². The lowest BCUT2D eigenvalue weighted by Gasteiger charge is -2.44. The van der Waals surface area contributed by atoms with Crippen LogP contribution in [0.2, 0.25) is 0 Å². The van der Waals surface area contributed by atoms with E-state index in [9.17, 15) is 0 Å². The van der Waals surface area contributed by atoms with Crippen LogP contribution in [0.15, 0.2) is 28.7 Å². The first-order valence-electron chi connectivity index (χ1n) is 6.53. The summed E-state index contributed by atoms with van der Waals surface area (Å²) in [6.45, 7) is 9.23. The first-order chi connectivity index (χ1) is 8.43. The maximum absolute atomic E-state index is 5.88. The summed E-state index contributed by atoms with van der Waals surface area (Å²) in [5.74, 6) is 0. The van der Waals surface area contributed by atoms with E-state index in [1.807, 2.05) is 0 Å². The molecule has 1 heterocycles. The van der Waals surface area contributed by atoms with Gasteiger partial charge in [-0.3, -0.25) is 0 Å². The molecular formula is C15H22BrNO. The van der Waals surface area contributed by atoms with Crippen molar-refractivity contribution >= 4 is 15.9 Å². The second-order valence-electron chi connectivity index (χ2n) is 6.07. The third-order valence-corrected chi connectivity index (χ3v) is 4.18. The van der Waals surface area contributed by atoms with E-state index in [4.69, 9.17) is 4.74 Å². The van der Waals surface area contributed by atoms with Crippen molar-refractivity contribution in [1.29, 1.82) is 0 Å². The van der Waals surface area contributed by atoms with E-state index in [-0.39, 0.29) is 11.0 Å². The van der Waals surface area contributed by atoms with Crippen molar-refractivity contribution in [3.05, 3.63) is 34.3 Å². The normalized spacial score (nSPS) is 18.4. The van der Waals surface area contributed by atoms with E-state index in [0.29, 0.717) is 0 Å². The number of rotatable bonds is 4. The maximum Gasteiger partial charge on any atom is 0.0598 e. The lowest BCUT2D eigenvalue weighted by Crippen LogP contribution is -2.57. The first-order valence-corrected chi connectivity index (χ1v) is 7.32. The van der Waals surface area contributed by atoms with Gasteiger partial charge in [0.05, 0.1) is 5.60 Å². The van der Waals surface area contributed by atoms with Crippen LogP contribution in [0.3, 0.4) is 0 Å². The fourth-order valence-corrected chi connectivity index (χ4v) is 3.08. The van der Waals surface area contributed by atoms with Crippen molar-refractivity contribution < 1.29 is 4.74 Å². The van der Waals surface area contributed by atoms with Crippen molar-refractivity contribution in [1.82, 2.24) is 5.32 Å². The fourth-order valence-electron chi connectivity index (χ4n) is 2.37. The Morgan fingerprint density at radius 1 is 1.28 bits per heavy atom. The Hall–Kier alpha value is -0.380. The van der Waals surface area contributed by atoms with Crippen LogP contribution in [0.4, 0.5) is 0 Å². The van der Waals surface area contributed by atoms with Gasteiger partial charge in [0.1, 0.15) is 0 Å². The van der Waals surface area contributed by atoms with Crippen molar-refractivity contribution in [2.75, 3.05) is 19.7 Å². The molecule has 1 N–H and O–H groups in total. The third kappa shape index (κ3) is 3.14. The number of halogens is 1. The van der Waals surface area contributed by atoms with Gasteiger partial charge in [0.25, 0.3) is 0 Å². The molecule has 0 radical (unpaired) electrons.